The van der Waals surface area contributed by atoms with E-state index in [0.29, 0.717) is 6.04 Å². The van der Waals surface area contributed by atoms with Crippen molar-refractivity contribution in [1.29, 1.82) is 0 Å². The van der Waals surface area contributed by atoms with Gasteiger partial charge in [-0.15, -0.1) is 0 Å². The van der Waals surface area contributed by atoms with E-state index in [1.165, 1.54) is 6.92 Å². The van der Waals surface area contributed by atoms with Crippen LogP contribution in [0, 0.1) is 5.92 Å². The summed E-state index contributed by atoms with van der Waals surface area (Å²) in [5.74, 6) is -1.63. The van der Waals surface area contributed by atoms with Crippen molar-refractivity contribution in [3.05, 3.63) is 0 Å². The van der Waals surface area contributed by atoms with Crippen LogP contribution < -0.4 is 10.6 Å². The molecule has 0 aromatic carbocycles. The van der Waals surface area contributed by atoms with Gasteiger partial charge in [0.25, 0.3) is 0 Å². The van der Waals surface area contributed by atoms with Crippen molar-refractivity contribution >= 4 is 11.9 Å². The van der Waals surface area contributed by atoms with Crippen LogP contribution in [0.4, 0.5) is 0 Å². The predicted octanol–water partition coefficient (Wildman–Crippen LogP) is -0.923. The molecule has 6 nitrogen and oxygen atoms in total. The first-order valence-corrected chi connectivity index (χ1v) is 5.96. The van der Waals surface area contributed by atoms with Gasteiger partial charge in [0.2, 0.25) is 5.91 Å². The van der Waals surface area contributed by atoms with Gasteiger partial charge in [-0.2, -0.15) is 0 Å². The van der Waals surface area contributed by atoms with E-state index in [9.17, 15) is 14.7 Å². The maximum absolute atomic E-state index is 11.9. The molecule has 2 fully saturated rings. The van der Waals surface area contributed by atoms with Gasteiger partial charge in [0.1, 0.15) is 0 Å². The Morgan fingerprint density at radius 3 is 2.53 bits per heavy atom. The maximum atomic E-state index is 11.9. The van der Waals surface area contributed by atoms with Gasteiger partial charge in [0.15, 0.2) is 6.04 Å². The van der Waals surface area contributed by atoms with Crippen LogP contribution in [-0.4, -0.2) is 46.3 Å². The van der Waals surface area contributed by atoms with Crippen LogP contribution in [0.3, 0.4) is 0 Å². The minimum atomic E-state index is -1.22. The van der Waals surface area contributed by atoms with Gasteiger partial charge in [-0.25, -0.2) is 4.79 Å². The van der Waals surface area contributed by atoms with Gasteiger partial charge in [0.05, 0.1) is 12.0 Å². The van der Waals surface area contributed by atoms with Crippen LogP contribution >= 0.6 is 0 Å². The molecule has 0 aromatic rings. The van der Waals surface area contributed by atoms with Crippen molar-refractivity contribution in [2.45, 2.75) is 50.4 Å². The molecule has 2 heterocycles. The van der Waals surface area contributed by atoms with Gasteiger partial charge in [-0.3, -0.25) is 4.79 Å². The molecule has 3 unspecified atom stereocenters. The molecular weight excluding hydrogens is 224 g/mol. The molecule has 0 saturated carbocycles. The number of aliphatic hydroxyl groups is 1. The fourth-order valence-electron chi connectivity index (χ4n) is 2.76. The number of carboxylic acids is 1. The summed E-state index contributed by atoms with van der Waals surface area (Å²) < 4.78 is 0. The maximum Gasteiger partial charge on any atom is 0.328 e. The van der Waals surface area contributed by atoms with E-state index in [1.807, 2.05) is 0 Å². The minimum absolute atomic E-state index is 0.158. The lowest BCUT2D eigenvalue weighted by molar-refractivity contribution is -0.145. The fourth-order valence-corrected chi connectivity index (χ4v) is 2.76. The molecule has 5 atom stereocenters. The van der Waals surface area contributed by atoms with E-state index < -0.39 is 18.1 Å². The zero-order chi connectivity index (χ0) is 12.6. The second-order valence-corrected chi connectivity index (χ2v) is 4.95. The van der Waals surface area contributed by atoms with E-state index in [2.05, 4.69) is 10.6 Å². The third-order valence-electron chi connectivity index (χ3n) is 3.68. The molecule has 1 amide bonds. The van der Waals surface area contributed by atoms with E-state index in [1.54, 1.807) is 0 Å². The number of carbonyl (C=O) groups is 2. The monoisotopic (exact) mass is 242 g/mol. The Morgan fingerprint density at radius 2 is 2.12 bits per heavy atom. The van der Waals surface area contributed by atoms with Crippen molar-refractivity contribution in [3.63, 3.8) is 0 Å². The molecular formula is C11H18N2O4. The van der Waals surface area contributed by atoms with Gasteiger partial charge >= 0.3 is 5.97 Å². The normalized spacial score (nSPS) is 34.4. The van der Waals surface area contributed by atoms with E-state index in [0.717, 1.165) is 19.3 Å². The first-order valence-electron chi connectivity index (χ1n) is 5.96. The number of carbonyl (C=O) groups excluding carboxylic acids is 1. The third-order valence-corrected chi connectivity index (χ3v) is 3.68. The number of amides is 1. The number of hydrogen-bond donors (Lipinski definition) is 4. The molecule has 17 heavy (non-hydrogen) atoms. The average Bonchev–Trinajstić information content (AvgIpc) is 2.85. The summed E-state index contributed by atoms with van der Waals surface area (Å²) in [4.78, 5) is 22.8. The van der Waals surface area contributed by atoms with Gasteiger partial charge in [-0.05, 0) is 26.2 Å². The molecule has 2 aliphatic heterocycles. The second kappa shape index (κ2) is 4.62. The number of fused-ring (bicyclic) bond motifs is 2. The molecule has 2 aliphatic rings. The Bertz CT molecular complexity index is 331. The standard InChI is InChI=1S/C11H18N2O4/c1-5(14)9(11(16)17)13-10(15)7-4-6-2-3-8(7)12-6/h5-9,12,14H,2-4H2,1H3,(H,13,15)(H,16,17)/t5-,6?,7?,8?,9+/m1/s1. The fraction of sp³-hybridized carbons (Fsp3) is 0.818. The van der Waals surface area contributed by atoms with E-state index in [-0.39, 0.29) is 17.9 Å². The lowest BCUT2D eigenvalue weighted by atomic mass is 9.88. The Labute approximate surface area is 99.4 Å². The zero-order valence-electron chi connectivity index (χ0n) is 9.72. The van der Waals surface area contributed by atoms with E-state index >= 15 is 0 Å². The van der Waals surface area contributed by atoms with Crippen LogP contribution in [0.15, 0.2) is 0 Å². The van der Waals surface area contributed by atoms with Crippen molar-refractivity contribution < 1.29 is 19.8 Å². The van der Waals surface area contributed by atoms with Gasteiger partial charge < -0.3 is 20.8 Å². The van der Waals surface area contributed by atoms with Crippen molar-refractivity contribution in [3.8, 4) is 0 Å². The summed E-state index contributed by atoms with van der Waals surface area (Å²) in [7, 11) is 0. The zero-order valence-corrected chi connectivity index (χ0v) is 9.72. The molecule has 2 saturated heterocycles. The largest absolute Gasteiger partial charge is 0.480 e. The predicted molar refractivity (Wildman–Crippen MR) is 59.3 cm³/mol. The topological polar surface area (TPSA) is 98.7 Å². The van der Waals surface area contributed by atoms with Gasteiger partial charge in [-0.1, -0.05) is 0 Å². The first-order chi connectivity index (χ1) is 7.99. The Kier molecular flexibility index (Phi) is 3.35. The lowest BCUT2D eigenvalue weighted by Crippen LogP contribution is -2.51. The van der Waals surface area contributed by atoms with Gasteiger partial charge in [0, 0.05) is 12.1 Å². The highest BCUT2D eigenvalue weighted by Gasteiger charge is 2.43. The van der Waals surface area contributed by atoms with Crippen LogP contribution in [0.1, 0.15) is 26.2 Å². The number of aliphatic hydroxyl groups excluding tert-OH is 1. The highest BCUT2D eigenvalue weighted by molar-refractivity contribution is 5.86. The summed E-state index contributed by atoms with van der Waals surface area (Å²) >= 11 is 0. The van der Waals surface area contributed by atoms with Crippen molar-refractivity contribution in [2.24, 2.45) is 5.92 Å². The third kappa shape index (κ3) is 2.42. The summed E-state index contributed by atoms with van der Waals surface area (Å²) in [5, 5.41) is 23.9. The first kappa shape index (κ1) is 12.3. The Balaban J connectivity index is 1.94. The molecule has 4 N–H and O–H groups in total. The molecule has 6 heteroatoms. The van der Waals surface area contributed by atoms with Crippen LogP contribution in [0.25, 0.3) is 0 Å². The summed E-state index contributed by atoms with van der Waals surface area (Å²) in [6, 6.07) is -0.657. The second-order valence-electron chi connectivity index (χ2n) is 4.95. The number of carboxylic acid groups (broad SMARTS) is 1. The molecule has 2 bridgehead atoms. The molecule has 0 aromatic heterocycles. The lowest BCUT2D eigenvalue weighted by Gasteiger charge is -2.23. The minimum Gasteiger partial charge on any atom is -0.480 e. The summed E-state index contributed by atoms with van der Waals surface area (Å²) in [5.41, 5.74) is 0. The van der Waals surface area contributed by atoms with Crippen LogP contribution in [-0.2, 0) is 9.59 Å². The highest BCUT2D eigenvalue weighted by Crippen LogP contribution is 2.33. The summed E-state index contributed by atoms with van der Waals surface area (Å²) in [6.07, 6.45) is 1.73. The van der Waals surface area contributed by atoms with Crippen LogP contribution in [0.5, 0.6) is 0 Å². The number of hydrogen-bond acceptors (Lipinski definition) is 4. The molecule has 96 valence electrons. The molecule has 0 radical (unpaired) electrons. The molecule has 2 rings (SSSR count). The molecule has 0 aliphatic carbocycles. The summed E-state index contributed by atoms with van der Waals surface area (Å²) in [6.45, 7) is 1.36. The smallest absolute Gasteiger partial charge is 0.328 e. The van der Waals surface area contributed by atoms with Crippen LogP contribution in [0.2, 0.25) is 0 Å². The molecule has 0 spiro atoms. The number of nitrogens with one attached hydrogen (secondary N) is 2. The highest BCUT2D eigenvalue weighted by atomic mass is 16.4. The number of aliphatic carboxylic acids is 1. The number of rotatable bonds is 4. The quantitative estimate of drug-likeness (QED) is 0.511. The Hall–Kier alpha value is -1.14. The Morgan fingerprint density at radius 1 is 1.41 bits per heavy atom. The average molecular weight is 242 g/mol. The van der Waals surface area contributed by atoms with E-state index in [4.69, 9.17) is 5.11 Å². The van der Waals surface area contributed by atoms with Crippen molar-refractivity contribution in [2.75, 3.05) is 0 Å². The van der Waals surface area contributed by atoms with Crippen molar-refractivity contribution in [1.82, 2.24) is 10.6 Å². The SMILES string of the molecule is C[C@@H](O)[C@H](NC(=O)C1CC2CCC1N2)C(=O)O.